The van der Waals surface area contributed by atoms with Crippen molar-refractivity contribution in [1.82, 2.24) is 25.5 Å². The van der Waals surface area contributed by atoms with E-state index in [1.165, 1.54) is 6.42 Å². The molecule has 3 saturated carbocycles. The number of hydrogen-bond donors (Lipinski definition) is 3. The number of hydrogen-bond acceptors (Lipinski definition) is 8. The number of aliphatic imine (C=N–C) groups is 1. The molecule has 3 aliphatic carbocycles. The number of anilines is 1. The van der Waals surface area contributed by atoms with Crippen molar-refractivity contribution in [3.63, 3.8) is 0 Å². The third-order valence-electron chi connectivity index (χ3n) is 13.3. The molecule has 0 radical (unpaired) electrons. The number of methoxy groups -OCH3 is 1. The number of carbonyl (C=O) groups excluding carboxylic acids is 2. The van der Waals surface area contributed by atoms with Gasteiger partial charge in [0.05, 0.1) is 26.3 Å². The van der Waals surface area contributed by atoms with Gasteiger partial charge in [-0.3, -0.25) is 19.4 Å². The maximum Gasteiger partial charge on any atom is 0.251 e. The minimum absolute atomic E-state index is 0.0495. The SMILES string of the molecule is COc1c(CN2O[C@@H](CN=C(N(C)C)N(C)C)[C@@H]([C@H](C)O)[C@H]2C(=O)N[C@H]2C[C@H]3C[C@H]([C@@H]2C)C3(C)C)cccc1-c1cc(C(=O)NCCc2ccccc2)cc(N(C)C)c1. The van der Waals surface area contributed by atoms with Gasteiger partial charge in [-0.1, -0.05) is 69.3 Å². The molecule has 3 aromatic rings. The molecule has 2 bridgehead atoms. The molecule has 12 heteroatoms. The summed E-state index contributed by atoms with van der Waals surface area (Å²) in [5.41, 5.74) is 5.29. The molecule has 0 aromatic heterocycles. The zero-order valence-electron chi connectivity index (χ0n) is 37.0. The number of guanidine groups is 1. The second-order valence-electron chi connectivity index (χ2n) is 18.1. The van der Waals surface area contributed by atoms with E-state index in [2.05, 4.69) is 43.5 Å². The topological polar surface area (TPSA) is 122 Å². The van der Waals surface area contributed by atoms with Crippen LogP contribution in [-0.4, -0.2) is 125 Å². The molecular weight excluding hydrogens is 743 g/mol. The maximum absolute atomic E-state index is 14.7. The number of rotatable bonds is 14. The Hall–Kier alpha value is -4.65. The molecule has 3 N–H and O–H groups in total. The van der Waals surface area contributed by atoms with Gasteiger partial charge in [0.25, 0.3) is 5.91 Å². The Morgan fingerprint density at radius 1 is 1.00 bits per heavy atom. The summed E-state index contributed by atoms with van der Waals surface area (Å²) in [5.74, 6) is 2.00. The van der Waals surface area contributed by atoms with Gasteiger partial charge in [-0.15, -0.1) is 0 Å². The van der Waals surface area contributed by atoms with Crippen LogP contribution < -0.4 is 20.3 Å². The number of amides is 2. The lowest BCUT2D eigenvalue weighted by Crippen LogP contribution is -2.62. The Morgan fingerprint density at radius 2 is 1.71 bits per heavy atom. The first-order chi connectivity index (χ1) is 28.0. The molecule has 320 valence electrons. The lowest BCUT2D eigenvalue weighted by atomic mass is 9.45. The maximum atomic E-state index is 14.7. The molecule has 7 rings (SSSR count). The van der Waals surface area contributed by atoms with Crippen molar-refractivity contribution in [2.45, 2.75) is 77.8 Å². The molecule has 4 aliphatic rings. The van der Waals surface area contributed by atoms with Crippen molar-refractivity contribution in [2.75, 3.05) is 67.4 Å². The van der Waals surface area contributed by atoms with E-state index >= 15 is 0 Å². The minimum Gasteiger partial charge on any atom is -0.496 e. The molecule has 59 heavy (non-hydrogen) atoms. The fraction of sp³-hybridized carbons (Fsp3) is 0.553. The monoisotopic (exact) mass is 810 g/mol. The van der Waals surface area contributed by atoms with Crippen LogP contribution >= 0.6 is 0 Å². The predicted molar refractivity (Wildman–Crippen MR) is 235 cm³/mol. The molecule has 12 nitrogen and oxygen atoms in total. The molecule has 8 atom stereocenters. The Bertz CT molecular complexity index is 1950. The highest BCUT2D eigenvalue weighted by atomic mass is 16.7. The van der Waals surface area contributed by atoms with Crippen LogP contribution in [0.15, 0.2) is 71.7 Å². The van der Waals surface area contributed by atoms with Crippen LogP contribution in [0.3, 0.4) is 0 Å². The summed E-state index contributed by atoms with van der Waals surface area (Å²) in [6, 6.07) is 21.1. The summed E-state index contributed by atoms with van der Waals surface area (Å²) >= 11 is 0. The number of aliphatic hydroxyl groups is 1. The van der Waals surface area contributed by atoms with Crippen LogP contribution in [0.4, 0.5) is 5.69 Å². The second-order valence-corrected chi connectivity index (χ2v) is 18.1. The highest BCUT2D eigenvalue weighted by Gasteiger charge is 2.57. The molecule has 2 amide bonds. The first-order valence-corrected chi connectivity index (χ1v) is 21.1. The van der Waals surface area contributed by atoms with Gasteiger partial charge in [0.2, 0.25) is 5.91 Å². The van der Waals surface area contributed by atoms with Gasteiger partial charge < -0.3 is 35.2 Å². The molecule has 1 heterocycles. The highest BCUT2D eigenvalue weighted by Crippen LogP contribution is 2.61. The first kappa shape index (κ1) is 43.9. The van der Waals surface area contributed by atoms with Crippen molar-refractivity contribution in [1.29, 1.82) is 0 Å². The molecule has 1 saturated heterocycles. The third-order valence-corrected chi connectivity index (χ3v) is 13.3. The summed E-state index contributed by atoms with van der Waals surface area (Å²) in [6.07, 6.45) is 1.47. The molecule has 4 fully saturated rings. The average Bonchev–Trinajstić information content (AvgIpc) is 3.56. The second kappa shape index (κ2) is 18.3. The Labute approximate surface area is 351 Å². The Morgan fingerprint density at radius 3 is 2.32 bits per heavy atom. The van der Waals surface area contributed by atoms with E-state index in [4.69, 9.17) is 14.6 Å². The number of fused-ring (bicyclic) bond motifs is 2. The number of nitrogens with one attached hydrogen (secondary N) is 2. The molecule has 0 unspecified atom stereocenters. The van der Waals surface area contributed by atoms with Crippen LogP contribution in [0.2, 0.25) is 0 Å². The Balaban J connectivity index is 1.31. The van der Waals surface area contributed by atoms with E-state index in [1.54, 1.807) is 19.1 Å². The van der Waals surface area contributed by atoms with Crippen molar-refractivity contribution >= 4 is 23.5 Å². The van der Waals surface area contributed by atoms with Gasteiger partial charge in [-0.05, 0) is 78.7 Å². The molecule has 1 aliphatic heterocycles. The van der Waals surface area contributed by atoms with E-state index in [-0.39, 0.29) is 36.4 Å². The van der Waals surface area contributed by atoms with Crippen LogP contribution in [-0.2, 0) is 22.6 Å². The van der Waals surface area contributed by atoms with Gasteiger partial charge in [-0.2, -0.15) is 5.06 Å². The first-order valence-electron chi connectivity index (χ1n) is 21.1. The summed E-state index contributed by atoms with van der Waals surface area (Å²) in [5, 5.41) is 19.7. The van der Waals surface area contributed by atoms with Gasteiger partial charge in [0, 0.05) is 83.2 Å². The zero-order chi connectivity index (χ0) is 42.8. The molecule has 3 aromatic carbocycles. The van der Waals surface area contributed by atoms with Crippen LogP contribution in [0.1, 0.15) is 62.0 Å². The number of para-hydroxylation sites is 1. The number of nitrogens with zero attached hydrogens (tertiary/aromatic N) is 5. The number of aliphatic hydroxyl groups excluding tert-OH is 1. The van der Waals surface area contributed by atoms with Crippen LogP contribution in [0, 0.1) is 29.1 Å². The van der Waals surface area contributed by atoms with E-state index < -0.39 is 24.2 Å². The van der Waals surface area contributed by atoms with Crippen molar-refractivity contribution in [2.24, 2.45) is 34.1 Å². The largest absolute Gasteiger partial charge is 0.496 e. The Kier molecular flexibility index (Phi) is 13.6. The van der Waals surface area contributed by atoms with Crippen LogP contribution in [0.5, 0.6) is 5.75 Å². The minimum atomic E-state index is -0.853. The van der Waals surface area contributed by atoms with Gasteiger partial charge in [0.15, 0.2) is 5.96 Å². The number of carbonyl (C=O) groups is 2. The molecular formula is C47H67N7O5. The number of benzene rings is 3. The highest BCUT2D eigenvalue weighted by molar-refractivity contribution is 5.97. The predicted octanol–water partition coefficient (Wildman–Crippen LogP) is 5.55. The third kappa shape index (κ3) is 9.40. The zero-order valence-corrected chi connectivity index (χ0v) is 37.0. The summed E-state index contributed by atoms with van der Waals surface area (Å²) in [7, 11) is 13.3. The standard InChI is InChI=1S/C47H67N7O5/c1-29-38-25-35(47(38,3)4)26-39(29)50-45(57)42-41(30(2)55)40(27-49-46(52(7)8)53(9)10)59-54(42)28-32-18-15-19-37(43(32)58-11)33-22-34(24-36(23-33)51(5)6)44(56)48-21-20-31-16-13-12-14-17-31/h12-19,22-24,29-30,35,38-42,55H,20-21,25-28H2,1-11H3,(H,48,56)(H,50,57)/t29-,30-,35+,38+,39-,40-,41+,42-/m0/s1. The summed E-state index contributed by atoms with van der Waals surface area (Å²) < 4.78 is 6.18. The number of hydroxylamine groups is 2. The fourth-order valence-electron chi connectivity index (χ4n) is 9.91. The molecule has 0 spiro atoms. The average molecular weight is 810 g/mol. The van der Waals surface area contributed by atoms with E-state index in [9.17, 15) is 14.7 Å². The van der Waals surface area contributed by atoms with Gasteiger partial charge in [-0.25, -0.2) is 0 Å². The van der Waals surface area contributed by atoms with E-state index in [0.717, 1.165) is 46.7 Å². The van der Waals surface area contributed by atoms with Crippen molar-refractivity contribution < 1.29 is 24.3 Å². The summed E-state index contributed by atoms with van der Waals surface area (Å²) in [4.78, 5) is 45.8. The van der Waals surface area contributed by atoms with Crippen molar-refractivity contribution in [3.8, 4) is 16.9 Å². The quantitative estimate of drug-likeness (QED) is 0.142. The van der Waals surface area contributed by atoms with E-state index in [0.29, 0.717) is 35.6 Å². The van der Waals surface area contributed by atoms with Crippen molar-refractivity contribution in [3.05, 3.63) is 83.4 Å². The lowest BCUT2D eigenvalue weighted by molar-refractivity contribution is -0.175. The smallest absolute Gasteiger partial charge is 0.251 e. The van der Waals surface area contributed by atoms with Gasteiger partial charge >= 0.3 is 0 Å². The lowest BCUT2D eigenvalue weighted by Gasteiger charge is -2.62. The summed E-state index contributed by atoms with van der Waals surface area (Å²) in [6.45, 7) is 9.71. The number of ether oxygens (including phenoxy) is 1. The van der Waals surface area contributed by atoms with Crippen LogP contribution in [0.25, 0.3) is 11.1 Å². The van der Waals surface area contributed by atoms with E-state index in [1.807, 2.05) is 112 Å². The fourth-order valence-corrected chi connectivity index (χ4v) is 9.91. The van der Waals surface area contributed by atoms with Gasteiger partial charge in [0.1, 0.15) is 17.9 Å². The normalized spacial score (nSPS) is 25.0.